The summed E-state index contributed by atoms with van der Waals surface area (Å²) >= 11 is 9.35. The van der Waals surface area contributed by atoms with E-state index in [0.717, 1.165) is 10.0 Å². The monoisotopic (exact) mass is 343 g/mol. The van der Waals surface area contributed by atoms with Crippen molar-refractivity contribution in [1.82, 2.24) is 0 Å². The summed E-state index contributed by atoms with van der Waals surface area (Å²) < 4.78 is 19.9. The zero-order chi connectivity index (χ0) is 14.0. The van der Waals surface area contributed by atoms with E-state index in [-0.39, 0.29) is 5.75 Å². The Labute approximate surface area is 124 Å². The second kappa shape index (κ2) is 5.90. The third-order valence-electron chi connectivity index (χ3n) is 2.84. The van der Waals surface area contributed by atoms with E-state index in [2.05, 4.69) is 15.9 Å². The maximum absolute atomic E-state index is 14.2. The van der Waals surface area contributed by atoms with Crippen molar-refractivity contribution in [3.63, 3.8) is 0 Å². The van der Waals surface area contributed by atoms with E-state index in [0.29, 0.717) is 10.6 Å². The summed E-state index contributed by atoms with van der Waals surface area (Å²) in [5, 5.41) is 0.553. The van der Waals surface area contributed by atoms with E-state index in [1.54, 1.807) is 36.4 Å². The van der Waals surface area contributed by atoms with Gasteiger partial charge in [-0.3, -0.25) is 0 Å². The molecule has 19 heavy (non-hydrogen) atoms. The molecule has 0 radical (unpaired) electrons. The maximum Gasteiger partial charge on any atom is 0.170 e. The highest BCUT2D eigenvalue weighted by atomic mass is 79.9. The molecule has 2 aromatic carbocycles. The van der Waals surface area contributed by atoms with Crippen LogP contribution in [0.5, 0.6) is 5.75 Å². The summed E-state index contributed by atoms with van der Waals surface area (Å²) in [6, 6.07) is 9.52. The average molecular weight is 345 g/mol. The van der Waals surface area contributed by atoms with Crippen molar-refractivity contribution >= 4 is 27.5 Å². The van der Waals surface area contributed by atoms with Gasteiger partial charge in [0.1, 0.15) is 0 Å². The Balaban J connectivity index is 2.50. The van der Waals surface area contributed by atoms with Gasteiger partial charge in [0.25, 0.3) is 0 Å². The van der Waals surface area contributed by atoms with Gasteiger partial charge in [-0.1, -0.05) is 39.7 Å². The first-order valence-corrected chi connectivity index (χ1v) is 6.74. The van der Waals surface area contributed by atoms with Gasteiger partial charge in [0.05, 0.1) is 13.2 Å². The molecule has 0 heterocycles. The van der Waals surface area contributed by atoms with Gasteiger partial charge in [-0.25, -0.2) is 4.39 Å². The van der Waals surface area contributed by atoms with Crippen molar-refractivity contribution in [3.05, 3.63) is 62.8 Å². The molecule has 1 unspecified atom stereocenters. The third-order valence-corrected chi connectivity index (χ3v) is 3.80. The molecular weight excluding hydrogens is 333 g/mol. The highest BCUT2D eigenvalue weighted by Crippen LogP contribution is 2.32. The van der Waals surface area contributed by atoms with Crippen LogP contribution in [0.25, 0.3) is 0 Å². The molecule has 0 aliphatic carbocycles. The van der Waals surface area contributed by atoms with Gasteiger partial charge in [-0.15, -0.1) is 0 Å². The van der Waals surface area contributed by atoms with E-state index < -0.39 is 11.9 Å². The Hall–Kier alpha value is -1.10. The van der Waals surface area contributed by atoms with Crippen molar-refractivity contribution in [2.45, 2.75) is 6.04 Å². The highest BCUT2D eigenvalue weighted by molar-refractivity contribution is 9.10. The molecule has 0 aromatic heterocycles. The lowest BCUT2D eigenvalue weighted by Gasteiger charge is -2.16. The minimum absolute atomic E-state index is 0.172. The van der Waals surface area contributed by atoms with Gasteiger partial charge in [-0.05, 0) is 29.8 Å². The summed E-state index contributed by atoms with van der Waals surface area (Å²) in [6.07, 6.45) is 0. The summed E-state index contributed by atoms with van der Waals surface area (Å²) in [7, 11) is 1.42. The molecule has 1 atom stereocenters. The SMILES string of the molecule is COc1cccc(C(N)c2cc(Cl)ccc2Br)c1F. The molecular formula is C14H12BrClFNO. The summed E-state index contributed by atoms with van der Waals surface area (Å²) in [6.45, 7) is 0. The second-order valence-electron chi connectivity index (χ2n) is 4.01. The Kier molecular flexibility index (Phi) is 4.45. The summed E-state index contributed by atoms with van der Waals surface area (Å²) in [5.41, 5.74) is 7.21. The largest absolute Gasteiger partial charge is 0.494 e. The van der Waals surface area contributed by atoms with Crippen LogP contribution in [0, 0.1) is 5.82 Å². The van der Waals surface area contributed by atoms with Crippen LogP contribution in [0.1, 0.15) is 17.2 Å². The van der Waals surface area contributed by atoms with Crippen molar-refractivity contribution in [2.24, 2.45) is 5.73 Å². The summed E-state index contributed by atoms with van der Waals surface area (Å²) in [4.78, 5) is 0. The van der Waals surface area contributed by atoms with Crippen LogP contribution < -0.4 is 10.5 Å². The molecule has 2 N–H and O–H groups in total. The Morgan fingerprint density at radius 1 is 1.26 bits per heavy atom. The fourth-order valence-corrected chi connectivity index (χ4v) is 2.52. The fourth-order valence-electron chi connectivity index (χ4n) is 1.85. The number of rotatable bonds is 3. The zero-order valence-electron chi connectivity index (χ0n) is 10.2. The first-order chi connectivity index (χ1) is 9.04. The number of hydrogen-bond donors (Lipinski definition) is 1. The molecule has 0 saturated carbocycles. The smallest absolute Gasteiger partial charge is 0.170 e. The predicted molar refractivity (Wildman–Crippen MR) is 78.1 cm³/mol. The lowest BCUT2D eigenvalue weighted by Crippen LogP contribution is -2.14. The van der Waals surface area contributed by atoms with E-state index in [9.17, 15) is 4.39 Å². The number of nitrogens with two attached hydrogens (primary N) is 1. The highest BCUT2D eigenvalue weighted by Gasteiger charge is 2.18. The van der Waals surface area contributed by atoms with E-state index in [1.807, 2.05) is 0 Å². The van der Waals surface area contributed by atoms with E-state index in [1.165, 1.54) is 7.11 Å². The molecule has 2 rings (SSSR count). The van der Waals surface area contributed by atoms with Crippen LogP contribution in [0.3, 0.4) is 0 Å². The van der Waals surface area contributed by atoms with E-state index in [4.69, 9.17) is 22.1 Å². The molecule has 2 nitrogen and oxygen atoms in total. The van der Waals surface area contributed by atoms with Crippen molar-refractivity contribution in [1.29, 1.82) is 0 Å². The van der Waals surface area contributed by atoms with Crippen molar-refractivity contribution in [3.8, 4) is 5.75 Å². The van der Waals surface area contributed by atoms with Gasteiger partial charge in [-0.2, -0.15) is 0 Å². The van der Waals surface area contributed by atoms with Gasteiger partial charge < -0.3 is 10.5 Å². The van der Waals surface area contributed by atoms with Gasteiger partial charge in [0.2, 0.25) is 0 Å². The molecule has 0 fully saturated rings. The van der Waals surface area contributed by atoms with Crippen LogP contribution in [0.2, 0.25) is 5.02 Å². The maximum atomic E-state index is 14.2. The first kappa shape index (κ1) is 14.3. The number of benzene rings is 2. The van der Waals surface area contributed by atoms with Crippen LogP contribution >= 0.6 is 27.5 Å². The fraction of sp³-hybridized carbons (Fsp3) is 0.143. The number of hydrogen-bond acceptors (Lipinski definition) is 2. The standard InChI is InChI=1S/C14H12BrClFNO/c1-19-12-4-2-3-9(13(12)17)14(18)10-7-8(16)5-6-11(10)15/h2-7,14H,18H2,1H3. The second-order valence-corrected chi connectivity index (χ2v) is 5.30. The predicted octanol–water partition coefficient (Wildman–Crippen LogP) is 4.30. The topological polar surface area (TPSA) is 35.2 Å². The number of ether oxygens (including phenoxy) is 1. The van der Waals surface area contributed by atoms with Crippen molar-refractivity contribution in [2.75, 3.05) is 7.11 Å². The Bertz CT molecular complexity index is 606. The lowest BCUT2D eigenvalue weighted by molar-refractivity contribution is 0.383. The number of methoxy groups -OCH3 is 1. The minimum Gasteiger partial charge on any atom is -0.494 e. The molecule has 0 bridgehead atoms. The van der Waals surface area contributed by atoms with Gasteiger partial charge in [0.15, 0.2) is 11.6 Å². The van der Waals surface area contributed by atoms with Crippen LogP contribution in [-0.4, -0.2) is 7.11 Å². The van der Waals surface area contributed by atoms with Crippen LogP contribution in [0.4, 0.5) is 4.39 Å². The molecule has 100 valence electrons. The quantitative estimate of drug-likeness (QED) is 0.901. The van der Waals surface area contributed by atoms with Gasteiger partial charge >= 0.3 is 0 Å². The first-order valence-electron chi connectivity index (χ1n) is 5.57. The number of halogens is 3. The molecule has 0 saturated heterocycles. The zero-order valence-corrected chi connectivity index (χ0v) is 12.5. The summed E-state index contributed by atoms with van der Waals surface area (Å²) in [5.74, 6) is -0.282. The molecule has 0 aliphatic heterocycles. The average Bonchev–Trinajstić information content (AvgIpc) is 2.41. The Morgan fingerprint density at radius 3 is 2.68 bits per heavy atom. The minimum atomic E-state index is -0.622. The normalized spacial score (nSPS) is 12.3. The van der Waals surface area contributed by atoms with Crippen LogP contribution in [-0.2, 0) is 0 Å². The third kappa shape index (κ3) is 2.91. The van der Waals surface area contributed by atoms with Crippen LogP contribution in [0.15, 0.2) is 40.9 Å². The van der Waals surface area contributed by atoms with Crippen molar-refractivity contribution < 1.29 is 9.13 Å². The lowest BCUT2D eigenvalue weighted by atomic mass is 9.99. The molecule has 0 spiro atoms. The molecule has 2 aromatic rings. The Morgan fingerprint density at radius 2 is 2.00 bits per heavy atom. The molecule has 5 heteroatoms. The van der Waals surface area contributed by atoms with Gasteiger partial charge in [0, 0.05) is 15.1 Å². The molecule has 0 aliphatic rings. The van der Waals surface area contributed by atoms with E-state index >= 15 is 0 Å². The molecule has 0 amide bonds.